The van der Waals surface area contributed by atoms with Crippen LogP contribution in [0.4, 0.5) is 5.95 Å². The van der Waals surface area contributed by atoms with Crippen molar-refractivity contribution >= 4 is 31.6 Å². The van der Waals surface area contributed by atoms with E-state index in [1.165, 1.54) is 12.8 Å². The Bertz CT molecular complexity index is 1100. The van der Waals surface area contributed by atoms with Crippen molar-refractivity contribution in [2.24, 2.45) is 4.99 Å². The van der Waals surface area contributed by atoms with E-state index in [0.717, 1.165) is 25.7 Å². The van der Waals surface area contributed by atoms with E-state index in [9.17, 15) is 4.57 Å². The summed E-state index contributed by atoms with van der Waals surface area (Å²) >= 11 is 0. The lowest BCUT2D eigenvalue weighted by atomic mass is 9.93. The zero-order valence-corrected chi connectivity index (χ0v) is 20.4. The number of fused-ring (bicyclic) bond motifs is 2. The molecule has 1 unspecified atom stereocenters. The van der Waals surface area contributed by atoms with Crippen LogP contribution < -0.4 is 15.6 Å². The molecule has 186 valence electrons. The fourth-order valence-corrected chi connectivity index (χ4v) is 6.97. The van der Waals surface area contributed by atoms with E-state index < -0.39 is 31.7 Å². The van der Waals surface area contributed by atoms with Gasteiger partial charge in [-0.1, -0.05) is 25.7 Å². The van der Waals surface area contributed by atoms with Crippen molar-refractivity contribution in [3.8, 4) is 5.88 Å². The van der Waals surface area contributed by atoms with E-state index >= 15 is 0 Å². The van der Waals surface area contributed by atoms with Gasteiger partial charge in [-0.3, -0.25) is 18.6 Å². The lowest BCUT2D eigenvalue weighted by Gasteiger charge is -2.37. The van der Waals surface area contributed by atoms with Gasteiger partial charge >= 0.3 is 7.75 Å². The van der Waals surface area contributed by atoms with Crippen LogP contribution in [0.25, 0.3) is 11.2 Å². The SMILES string of the molecule is C=N[C@]1(C)[C@@H]2OP(=O)(NC3CCCCCC3)OC[C@H]2O[C@H]1n1cnc2c(OCC)nc(N)nc21. The number of nitrogen functional groups attached to an aromatic ring is 1. The average Bonchev–Trinajstić information content (AvgIpc) is 3.22. The van der Waals surface area contributed by atoms with E-state index in [4.69, 9.17) is 24.3 Å². The molecule has 2 aliphatic heterocycles. The fraction of sp³-hybridized carbons (Fsp3) is 0.714. The van der Waals surface area contributed by atoms with Gasteiger partial charge in [0.05, 0.1) is 19.5 Å². The van der Waals surface area contributed by atoms with Gasteiger partial charge in [-0.2, -0.15) is 9.97 Å². The van der Waals surface area contributed by atoms with Crippen LogP contribution >= 0.6 is 7.75 Å². The molecule has 3 aliphatic rings. The molecular weight excluding hydrogens is 461 g/mol. The summed E-state index contributed by atoms with van der Waals surface area (Å²) in [6.45, 7) is 8.03. The highest BCUT2D eigenvalue weighted by Gasteiger charge is 2.60. The van der Waals surface area contributed by atoms with Gasteiger partial charge in [0.15, 0.2) is 17.4 Å². The molecule has 1 aliphatic carbocycles. The molecule has 0 radical (unpaired) electrons. The van der Waals surface area contributed by atoms with Crippen molar-refractivity contribution in [1.29, 1.82) is 0 Å². The Kier molecular flexibility index (Phi) is 6.36. The Balaban J connectivity index is 1.44. The number of hydrogen-bond acceptors (Lipinski definition) is 10. The summed E-state index contributed by atoms with van der Waals surface area (Å²) in [5, 5.41) is 3.18. The number of aromatic nitrogens is 4. The largest absolute Gasteiger partial charge is 0.476 e. The number of nitrogens with two attached hydrogens (primary N) is 1. The monoisotopic (exact) mass is 493 g/mol. The number of rotatable bonds is 6. The van der Waals surface area contributed by atoms with Gasteiger partial charge in [0.2, 0.25) is 11.8 Å². The molecule has 2 aromatic heterocycles. The topological polar surface area (TPSA) is 148 Å². The third-order valence-corrected chi connectivity index (χ3v) is 8.53. The zero-order chi connectivity index (χ0) is 23.9. The molecule has 0 aromatic carbocycles. The summed E-state index contributed by atoms with van der Waals surface area (Å²) in [6, 6.07) is 0.0974. The van der Waals surface area contributed by atoms with Crippen LogP contribution in [0, 0.1) is 0 Å². The van der Waals surface area contributed by atoms with E-state index in [1.807, 2.05) is 13.8 Å². The smallest absolute Gasteiger partial charge is 0.406 e. The first-order valence-corrected chi connectivity index (χ1v) is 13.4. The molecule has 2 saturated heterocycles. The van der Waals surface area contributed by atoms with Gasteiger partial charge in [0, 0.05) is 6.04 Å². The second-order valence-corrected chi connectivity index (χ2v) is 10.9. The standard InChI is InChI=1S/C21H32N7O5P/c1-4-30-18-15-17(25-20(22)26-18)28(12-24-15)19-21(2,23-3)16-14(32-19)11-31-34(29,33-16)27-13-9-7-5-6-8-10-13/h12-14,16,19H,3-11H2,1-2H3,(H,27,29)(H2,22,25,26)/t14-,16-,19-,21-,34?/m1/s1. The number of nitrogens with one attached hydrogen (secondary N) is 1. The van der Waals surface area contributed by atoms with Crippen LogP contribution in [0.2, 0.25) is 0 Å². The number of nitrogens with zero attached hydrogens (tertiary/aromatic N) is 5. The maximum Gasteiger partial charge on any atom is 0.406 e. The van der Waals surface area contributed by atoms with E-state index in [-0.39, 0.29) is 18.6 Å². The molecule has 0 spiro atoms. The average molecular weight is 494 g/mol. The molecule has 3 fully saturated rings. The fourth-order valence-electron chi connectivity index (χ4n) is 5.07. The third kappa shape index (κ3) is 4.11. The summed E-state index contributed by atoms with van der Waals surface area (Å²) in [5.74, 6) is 0.349. The minimum Gasteiger partial charge on any atom is -0.476 e. The maximum absolute atomic E-state index is 13.6. The van der Waals surface area contributed by atoms with Crippen LogP contribution in [-0.4, -0.2) is 63.2 Å². The molecule has 5 atom stereocenters. The molecule has 5 rings (SSSR count). The normalized spacial score (nSPS) is 34.6. The number of hydrogen-bond donors (Lipinski definition) is 2. The lowest BCUT2D eigenvalue weighted by molar-refractivity contribution is -0.0589. The molecular formula is C21H32N7O5P. The third-order valence-electron chi connectivity index (χ3n) is 6.86. The van der Waals surface area contributed by atoms with Crippen LogP contribution in [0.3, 0.4) is 0 Å². The van der Waals surface area contributed by atoms with Crippen molar-refractivity contribution in [3.05, 3.63) is 6.33 Å². The minimum absolute atomic E-state index is 0.0538. The van der Waals surface area contributed by atoms with Gasteiger partial charge in [-0.05, 0) is 33.4 Å². The highest BCUT2D eigenvalue weighted by Crippen LogP contribution is 2.57. The van der Waals surface area contributed by atoms with Crippen LogP contribution in [0.1, 0.15) is 58.6 Å². The molecule has 4 heterocycles. The highest BCUT2D eigenvalue weighted by molar-refractivity contribution is 7.51. The van der Waals surface area contributed by atoms with Crippen LogP contribution in [0.5, 0.6) is 5.88 Å². The maximum atomic E-state index is 13.6. The predicted octanol–water partition coefficient (Wildman–Crippen LogP) is 3.00. The second-order valence-electron chi connectivity index (χ2n) is 9.19. The van der Waals surface area contributed by atoms with E-state index in [0.29, 0.717) is 23.7 Å². The van der Waals surface area contributed by atoms with Gasteiger partial charge in [0.25, 0.3) is 0 Å². The molecule has 1 saturated carbocycles. The summed E-state index contributed by atoms with van der Waals surface area (Å²) < 4.78 is 39.0. The summed E-state index contributed by atoms with van der Waals surface area (Å²) in [6.07, 6.45) is 6.24. The Hall–Kier alpha value is -2.11. The van der Waals surface area contributed by atoms with Crippen molar-refractivity contribution in [2.75, 3.05) is 18.9 Å². The van der Waals surface area contributed by atoms with Crippen molar-refractivity contribution < 1.29 is 23.1 Å². The predicted molar refractivity (Wildman–Crippen MR) is 126 cm³/mol. The molecule has 34 heavy (non-hydrogen) atoms. The van der Waals surface area contributed by atoms with Crippen molar-refractivity contribution in [2.45, 2.75) is 82.4 Å². The van der Waals surface area contributed by atoms with E-state index in [1.54, 1.807) is 10.9 Å². The first-order chi connectivity index (χ1) is 16.4. The Morgan fingerprint density at radius 1 is 1.35 bits per heavy atom. The van der Waals surface area contributed by atoms with Gasteiger partial charge in [-0.25, -0.2) is 14.6 Å². The van der Waals surface area contributed by atoms with Crippen molar-refractivity contribution in [1.82, 2.24) is 24.6 Å². The van der Waals surface area contributed by atoms with Crippen LogP contribution in [-0.2, 0) is 18.3 Å². The number of aliphatic imine (C=N–C) groups is 1. The van der Waals surface area contributed by atoms with Gasteiger partial charge in [0.1, 0.15) is 17.7 Å². The Morgan fingerprint density at radius 2 is 2.12 bits per heavy atom. The molecule has 2 aromatic rings. The molecule has 3 N–H and O–H groups in total. The number of ether oxygens (including phenoxy) is 2. The van der Waals surface area contributed by atoms with E-state index in [2.05, 4.69) is 31.7 Å². The molecule has 0 amide bonds. The second kappa shape index (κ2) is 9.16. The molecule has 0 bridgehead atoms. The number of anilines is 1. The lowest BCUT2D eigenvalue weighted by Crippen LogP contribution is -2.48. The number of imidazole rings is 1. The van der Waals surface area contributed by atoms with Crippen LogP contribution in [0.15, 0.2) is 11.3 Å². The quantitative estimate of drug-likeness (QED) is 0.349. The van der Waals surface area contributed by atoms with Gasteiger partial charge < -0.3 is 15.2 Å². The zero-order valence-electron chi connectivity index (χ0n) is 19.6. The molecule has 12 nitrogen and oxygen atoms in total. The summed E-state index contributed by atoms with van der Waals surface area (Å²) in [5.41, 5.74) is 5.83. The van der Waals surface area contributed by atoms with Crippen molar-refractivity contribution in [3.63, 3.8) is 0 Å². The Labute approximate surface area is 198 Å². The minimum atomic E-state index is -3.55. The first-order valence-electron chi connectivity index (χ1n) is 11.8. The van der Waals surface area contributed by atoms with Gasteiger partial charge in [-0.15, -0.1) is 0 Å². The summed E-state index contributed by atoms with van der Waals surface area (Å²) in [4.78, 5) is 17.3. The Morgan fingerprint density at radius 3 is 2.82 bits per heavy atom. The molecule has 13 heteroatoms. The highest BCUT2D eigenvalue weighted by atomic mass is 31.2. The summed E-state index contributed by atoms with van der Waals surface area (Å²) in [7, 11) is -3.55. The first kappa shape index (κ1) is 23.6.